The quantitative estimate of drug-likeness (QED) is 0.326. The van der Waals surface area contributed by atoms with E-state index in [2.05, 4.69) is 0 Å². The van der Waals surface area contributed by atoms with Gasteiger partial charge in [-0.25, -0.2) is 26.0 Å². The summed E-state index contributed by atoms with van der Waals surface area (Å²) in [6.07, 6.45) is -1.94. The van der Waals surface area contributed by atoms with Crippen LogP contribution in [0.25, 0.3) is 0 Å². The Morgan fingerprint density at radius 2 is 1.57 bits per heavy atom. The number of hydrogen-bond donors (Lipinski definition) is 0. The van der Waals surface area contributed by atoms with E-state index in [9.17, 15) is 30.5 Å². The minimum absolute atomic E-state index is 0. The van der Waals surface area contributed by atoms with Gasteiger partial charge in [-0.15, -0.1) is 0 Å². The van der Waals surface area contributed by atoms with Crippen LogP contribution in [-0.4, -0.2) is 30.6 Å². The van der Waals surface area contributed by atoms with Gasteiger partial charge in [0.2, 0.25) is 0 Å². The molecule has 0 aliphatic rings. The fourth-order valence-corrected chi connectivity index (χ4v) is 1.38. The zero-order valence-corrected chi connectivity index (χ0v) is 8.38. The minimum atomic E-state index is -5.19. The van der Waals surface area contributed by atoms with Gasteiger partial charge in [-0.05, 0) is 6.92 Å². The predicted molar refractivity (Wildman–Crippen MR) is 34.7 cm³/mol. The van der Waals surface area contributed by atoms with Crippen molar-refractivity contribution in [2.24, 2.45) is 0 Å². The summed E-state index contributed by atoms with van der Waals surface area (Å²) in [5.41, 5.74) is 0. The maximum atomic E-state index is 12.4. The first-order valence-electron chi connectivity index (χ1n) is 3.11. The molecule has 0 fully saturated rings. The van der Waals surface area contributed by atoms with Crippen molar-refractivity contribution in [2.75, 3.05) is 5.75 Å². The summed E-state index contributed by atoms with van der Waals surface area (Å²) in [4.78, 5) is 0. The molecule has 3 nitrogen and oxygen atoms in total. The maximum Gasteiger partial charge on any atom is 1.00 e. The summed E-state index contributed by atoms with van der Waals surface area (Å²) in [5, 5.41) is 0. The van der Waals surface area contributed by atoms with Crippen LogP contribution in [0.4, 0.5) is 17.6 Å². The molecule has 0 spiro atoms. The fraction of sp³-hybridized carbons (Fsp3) is 1.00. The van der Waals surface area contributed by atoms with Crippen LogP contribution in [-0.2, 0) is 10.1 Å². The summed E-state index contributed by atoms with van der Waals surface area (Å²) in [6, 6.07) is 0. The van der Waals surface area contributed by atoms with Gasteiger partial charge in [0.05, 0.1) is 6.42 Å². The molecule has 0 aromatic rings. The third kappa shape index (κ3) is 10.3. The molecule has 0 aliphatic heterocycles. The molecule has 80 valence electrons. The van der Waals surface area contributed by atoms with Crippen molar-refractivity contribution >= 4 is 10.1 Å². The summed E-state index contributed by atoms with van der Waals surface area (Å²) < 4.78 is 78.3. The molecular weight excluding hydrogens is 223 g/mol. The monoisotopic (exact) mass is 230 g/mol. The van der Waals surface area contributed by atoms with E-state index >= 15 is 0 Å². The Bertz CT molecular complexity index is 271. The standard InChI is InChI=1S/C5H8F4O3S.Li/c1-4(6,7)2-5(8,9)3-13(10,11)12;/h2-3H2,1H3,(H,10,11,12);/q;+1/p-1. The van der Waals surface area contributed by atoms with Gasteiger partial charge in [-0.1, -0.05) is 0 Å². The third-order valence-corrected chi connectivity index (χ3v) is 1.73. The molecule has 0 saturated carbocycles. The van der Waals surface area contributed by atoms with Gasteiger partial charge >= 0.3 is 18.9 Å². The number of halogens is 4. The molecule has 0 aromatic carbocycles. The minimum Gasteiger partial charge on any atom is -0.748 e. The number of alkyl halides is 4. The van der Waals surface area contributed by atoms with Crippen LogP contribution < -0.4 is 18.9 Å². The smallest absolute Gasteiger partial charge is 0.748 e. The average Bonchev–Trinajstić information content (AvgIpc) is 1.43. The Morgan fingerprint density at radius 1 is 1.21 bits per heavy atom. The molecule has 0 radical (unpaired) electrons. The van der Waals surface area contributed by atoms with Crippen LogP contribution in [0.3, 0.4) is 0 Å². The Balaban J connectivity index is 0. The zero-order chi connectivity index (χ0) is 10.9. The van der Waals surface area contributed by atoms with E-state index < -0.39 is 34.1 Å². The van der Waals surface area contributed by atoms with E-state index in [1.54, 1.807) is 0 Å². The first-order valence-corrected chi connectivity index (χ1v) is 4.68. The second-order valence-corrected chi connectivity index (χ2v) is 4.21. The van der Waals surface area contributed by atoms with Gasteiger partial charge in [0.15, 0.2) is 0 Å². The molecule has 0 heterocycles. The molecule has 0 unspecified atom stereocenters. The molecule has 9 heteroatoms. The van der Waals surface area contributed by atoms with Crippen molar-refractivity contribution in [1.82, 2.24) is 0 Å². The van der Waals surface area contributed by atoms with Crippen molar-refractivity contribution in [1.29, 1.82) is 0 Å². The summed E-state index contributed by atoms with van der Waals surface area (Å²) in [6.45, 7) is 0.221. The second kappa shape index (κ2) is 4.83. The topological polar surface area (TPSA) is 57.2 Å². The van der Waals surface area contributed by atoms with Gasteiger partial charge in [0, 0.05) is 0 Å². The van der Waals surface area contributed by atoms with Gasteiger partial charge < -0.3 is 4.55 Å². The first kappa shape index (κ1) is 16.6. The van der Waals surface area contributed by atoms with Crippen LogP contribution >= 0.6 is 0 Å². The molecule has 0 amide bonds. The second-order valence-electron chi connectivity index (χ2n) is 2.80. The molecule has 0 aliphatic carbocycles. The largest absolute Gasteiger partial charge is 1.00 e. The first-order chi connectivity index (χ1) is 5.41. The van der Waals surface area contributed by atoms with Crippen LogP contribution in [0.1, 0.15) is 13.3 Å². The molecule has 0 saturated heterocycles. The van der Waals surface area contributed by atoms with Crippen LogP contribution in [0.5, 0.6) is 0 Å². The van der Waals surface area contributed by atoms with Crippen molar-refractivity contribution in [2.45, 2.75) is 25.2 Å². The number of rotatable bonds is 4. The predicted octanol–water partition coefficient (Wildman–Crippen LogP) is -1.78. The van der Waals surface area contributed by atoms with Gasteiger partial charge in [-0.3, -0.25) is 0 Å². The third-order valence-electron chi connectivity index (χ3n) is 0.957. The van der Waals surface area contributed by atoms with E-state index in [1.165, 1.54) is 0 Å². The summed E-state index contributed by atoms with van der Waals surface area (Å²) in [7, 11) is -5.19. The van der Waals surface area contributed by atoms with Crippen LogP contribution in [0.15, 0.2) is 0 Å². The van der Waals surface area contributed by atoms with Gasteiger partial charge in [-0.2, -0.15) is 0 Å². The molecular formula is C5H7F4LiO3S. The molecule has 0 N–H and O–H groups in total. The average molecular weight is 230 g/mol. The summed E-state index contributed by atoms with van der Waals surface area (Å²) in [5.74, 6) is -9.98. The van der Waals surface area contributed by atoms with E-state index in [1.807, 2.05) is 0 Å². The van der Waals surface area contributed by atoms with E-state index in [0.29, 0.717) is 0 Å². The summed E-state index contributed by atoms with van der Waals surface area (Å²) >= 11 is 0. The van der Waals surface area contributed by atoms with Crippen molar-refractivity contribution in [3.05, 3.63) is 0 Å². The van der Waals surface area contributed by atoms with E-state index in [4.69, 9.17) is 0 Å². The Labute approximate surface area is 90.8 Å². The normalized spacial score (nSPS) is 13.6. The van der Waals surface area contributed by atoms with Gasteiger partial charge in [0.25, 0.3) is 11.8 Å². The molecule has 0 aromatic heterocycles. The van der Waals surface area contributed by atoms with E-state index in [-0.39, 0.29) is 25.8 Å². The van der Waals surface area contributed by atoms with Crippen molar-refractivity contribution in [3.63, 3.8) is 0 Å². The van der Waals surface area contributed by atoms with Crippen molar-refractivity contribution < 1.29 is 49.4 Å². The molecule has 14 heavy (non-hydrogen) atoms. The maximum absolute atomic E-state index is 12.4. The SMILES string of the molecule is CC(F)(F)CC(F)(F)CS(=O)(=O)[O-].[Li+]. The Morgan fingerprint density at radius 3 is 1.79 bits per heavy atom. The number of hydrogen-bond acceptors (Lipinski definition) is 3. The Kier molecular flexibility index (Phi) is 5.75. The Hall–Kier alpha value is 0.227. The molecule has 0 bridgehead atoms. The molecule has 0 rings (SSSR count). The fourth-order valence-electron chi connectivity index (χ4n) is 0.764. The van der Waals surface area contributed by atoms with Crippen LogP contribution in [0.2, 0.25) is 0 Å². The molecule has 0 atom stereocenters. The van der Waals surface area contributed by atoms with Crippen LogP contribution in [0, 0.1) is 0 Å². The van der Waals surface area contributed by atoms with Gasteiger partial charge in [0.1, 0.15) is 15.9 Å². The van der Waals surface area contributed by atoms with Crippen molar-refractivity contribution in [3.8, 4) is 0 Å². The zero-order valence-electron chi connectivity index (χ0n) is 7.56. The van der Waals surface area contributed by atoms with E-state index in [0.717, 1.165) is 0 Å².